The van der Waals surface area contributed by atoms with E-state index in [-0.39, 0.29) is 6.10 Å². The number of nitrogens with zero attached hydrogens (tertiary/aromatic N) is 5. The maximum atomic E-state index is 12.8. The number of aromatic nitrogens is 3. The molecule has 0 bridgehead atoms. The topological polar surface area (TPSA) is 124 Å². The van der Waals surface area contributed by atoms with Gasteiger partial charge in [-0.15, -0.1) is 5.10 Å². The van der Waals surface area contributed by atoms with Crippen LogP contribution in [0.2, 0.25) is 0 Å². The zero-order chi connectivity index (χ0) is 23.8. The van der Waals surface area contributed by atoms with Crippen LogP contribution in [0.3, 0.4) is 0 Å². The van der Waals surface area contributed by atoms with Gasteiger partial charge in [0.1, 0.15) is 6.33 Å². The number of likely N-dealkylation sites (tertiary alicyclic amines) is 1. The summed E-state index contributed by atoms with van der Waals surface area (Å²) in [6.45, 7) is 4.67. The van der Waals surface area contributed by atoms with Gasteiger partial charge < -0.3 is 25.0 Å². The predicted molar refractivity (Wildman–Crippen MR) is 120 cm³/mol. The minimum absolute atomic E-state index is 0.105. The van der Waals surface area contributed by atoms with E-state index in [1.54, 1.807) is 21.0 Å². The first kappa shape index (κ1) is 23.5. The summed E-state index contributed by atoms with van der Waals surface area (Å²) in [5.74, 6) is -2.71. The van der Waals surface area contributed by atoms with Crippen molar-refractivity contribution in [2.45, 2.75) is 44.4 Å². The van der Waals surface area contributed by atoms with Crippen LogP contribution in [0.1, 0.15) is 32.3 Å². The van der Waals surface area contributed by atoms with E-state index in [2.05, 4.69) is 10.1 Å². The molecule has 1 atom stereocenters. The van der Waals surface area contributed by atoms with Crippen LogP contribution in [0, 0.1) is 0 Å². The molecule has 4 rings (SSSR count). The summed E-state index contributed by atoms with van der Waals surface area (Å²) >= 11 is 0. The average molecular weight is 458 g/mol. The molecule has 3 N–H and O–H groups in total. The fourth-order valence-corrected chi connectivity index (χ4v) is 4.16. The van der Waals surface area contributed by atoms with Crippen molar-refractivity contribution in [1.82, 2.24) is 24.6 Å². The maximum absolute atomic E-state index is 12.8. The molecule has 3 heterocycles. The van der Waals surface area contributed by atoms with Crippen molar-refractivity contribution < 1.29 is 24.9 Å². The van der Waals surface area contributed by atoms with Gasteiger partial charge in [0.05, 0.1) is 6.10 Å². The SMILES string of the molecule is CO[C@H]1CCN(C(O)(O)C(=O)N2CC=C(c3ccc(-c4ncn(C(C)(C)O)n4)cc3)CC2)C1. The largest absolute Gasteiger partial charge is 0.380 e. The monoisotopic (exact) mass is 457 g/mol. The molecule has 1 saturated heterocycles. The summed E-state index contributed by atoms with van der Waals surface area (Å²) in [6, 6.07) is 7.79. The normalized spacial score (nSPS) is 20.2. The zero-order valence-electron chi connectivity index (χ0n) is 19.2. The summed E-state index contributed by atoms with van der Waals surface area (Å²) < 4.78 is 6.67. The highest BCUT2D eigenvalue weighted by Gasteiger charge is 2.46. The molecular formula is C23H31N5O5. The second-order valence-corrected chi connectivity index (χ2v) is 9.04. The molecule has 10 nitrogen and oxygen atoms in total. The number of rotatable bonds is 6. The number of aliphatic hydroxyl groups is 3. The Bertz CT molecular complexity index is 1020. The quantitative estimate of drug-likeness (QED) is 0.539. The highest BCUT2D eigenvalue weighted by molar-refractivity contribution is 5.84. The van der Waals surface area contributed by atoms with Crippen LogP contribution in [0.5, 0.6) is 0 Å². The van der Waals surface area contributed by atoms with Crippen molar-refractivity contribution in [3.63, 3.8) is 0 Å². The zero-order valence-corrected chi connectivity index (χ0v) is 19.2. The van der Waals surface area contributed by atoms with Crippen molar-refractivity contribution in [1.29, 1.82) is 0 Å². The first-order valence-corrected chi connectivity index (χ1v) is 11.1. The Hall–Kier alpha value is -2.63. The van der Waals surface area contributed by atoms with Crippen molar-refractivity contribution in [3.05, 3.63) is 42.2 Å². The Labute approximate surface area is 192 Å². The van der Waals surface area contributed by atoms with Gasteiger partial charge in [0.15, 0.2) is 11.5 Å². The molecular weight excluding hydrogens is 426 g/mol. The third-order valence-electron chi connectivity index (χ3n) is 6.27. The summed E-state index contributed by atoms with van der Waals surface area (Å²) in [5, 5.41) is 35.4. The first-order valence-electron chi connectivity index (χ1n) is 11.1. The summed E-state index contributed by atoms with van der Waals surface area (Å²) in [5.41, 5.74) is 1.82. The molecule has 1 aromatic carbocycles. The molecule has 0 radical (unpaired) electrons. The van der Waals surface area contributed by atoms with E-state index < -0.39 is 17.5 Å². The van der Waals surface area contributed by atoms with Gasteiger partial charge in [-0.25, -0.2) is 14.6 Å². The Morgan fingerprint density at radius 1 is 1.12 bits per heavy atom. The van der Waals surface area contributed by atoms with Crippen molar-refractivity contribution in [2.24, 2.45) is 0 Å². The van der Waals surface area contributed by atoms with Crippen molar-refractivity contribution in [2.75, 3.05) is 33.3 Å². The molecule has 10 heteroatoms. The van der Waals surface area contributed by atoms with Crippen LogP contribution in [0.25, 0.3) is 17.0 Å². The first-order chi connectivity index (χ1) is 15.6. The smallest absolute Gasteiger partial charge is 0.309 e. The molecule has 2 aromatic rings. The van der Waals surface area contributed by atoms with E-state index in [0.29, 0.717) is 44.8 Å². The van der Waals surface area contributed by atoms with E-state index in [1.165, 1.54) is 20.8 Å². The number of carbonyl (C=O) groups excluding carboxylic acids is 1. The van der Waals surface area contributed by atoms with Crippen LogP contribution in [0.15, 0.2) is 36.7 Å². The fraction of sp³-hybridized carbons (Fsp3) is 0.522. The Morgan fingerprint density at radius 3 is 2.36 bits per heavy atom. The molecule has 0 unspecified atom stereocenters. The second kappa shape index (κ2) is 8.96. The number of hydrogen-bond donors (Lipinski definition) is 3. The molecule has 1 aromatic heterocycles. The number of benzene rings is 1. The molecule has 33 heavy (non-hydrogen) atoms. The number of ether oxygens (including phenoxy) is 1. The van der Waals surface area contributed by atoms with Crippen molar-refractivity contribution in [3.8, 4) is 11.4 Å². The van der Waals surface area contributed by atoms with Gasteiger partial charge in [-0.05, 0) is 37.8 Å². The lowest BCUT2D eigenvalue weighted by molar-refractivity contribution is -0.254. The number of methoxy groups -OCH3 is 1. The summed E-state index contributed by atoms with van der Waals surface area (Å²) in [7, 11) is 1.58. The molecule has 2 aliphatic heterocycles. The highest BCUT2D eigenvalue weighted by atomic mass is 16.5. The van der Waals surface area contributed by atoms with Crippen LogP contribution in [0.4, 0.5) is 0 Å². The lowest BCUT2D eigenvalue weighted by atomic mass is 9.98. The van der Waals surface area contributed by atoms with E-state index in [1.807, 2.05) is 30.3 Å². The van der Waals surface area contributed by atoms with Crippen LogP contribution >= 0.6 is 0 Å². The minimum Gasteiger partial charge on any atom is -0.380 e. The second-order valence-electron chi connectivity index (χ2n) is 9.04. The molecule has 0 spiro atoms. The van der Waals surface area contributed by atoms with Crippen molar-refractivity contribution >= 4 is 11.5 Å². The molecule has 178 valence electrons. The van der Waals surface area contributed by atoms with Gasteiger partial charge in [-0.1, -0.05) is 30.3 Å². The molecule has 0 saturated carbocycles. The van der Waals surface area contributed by atoms with Crippen LogP contribution < -0.4 is 0 Å². The Morgan fingerprint density at radius 2 is 1.82 bits per heavy atom. The Balaban J connectivity index is 1.40. The van der Waals surface area contributed by atoms with Gasteiger partial charge >= 0.3 is 5.91 Å². The minimum atomic E-state index is -2.53. The van der Waals surface area contributed by atoms with E-state index in [4.69, 9.17) is 4.74 Å². The fourth-order valence-electron chi connectivity index (χ4n) is 4.16. The standard InChI is InChI=1S/C23H31N5O5/c1-22(2,30)28-15-24-20(25-28)18-6-4-16(5-7-18)17-8-11-26(12-9-17)21(29)23(31,32)27-13-10-19(14-27)33-3/h4-8,15,19,30-32H,9-14H2,1-3H3/t19-/m0/s1. The van der Waals surface area contributed by atoms with Crippen LogP contribution in [-0.4, -0.2) is 91.1 Å². The Kier molecular flexibility index (Phi) is 6.39. The molecule has 0 aliphatic carbocycles. The molecule has 2 aliphatic rings. The highest BCUT2D eigenvalue weighted by Crippen LogP contribution is 2.27. The lowest BCUT2D eigenvalue weighted by Crippen LogP contribution is -2.60. The average Bonchev–Trinajstić information content (AvgIpc) is 3.49. The number of hydrogen-bond acceptors (Lipinski definition) is 8. The number of amides is 1. The number of carbonyl (C=O) groups is 1. The van der Waals surface area contributed by atoms with E-state index in [0.717, 1.165) is 16.7 Å². The van der Waals surface area contributed by atoms with Crippen LogP contribution in [-0.2, 0) is 15.3 Å². The maximum Gasteiger partial charge on any atom is 0.309 e. The summed E-state index contributed by atoms with van der Waals surface area (Å²) in [6.07, 6.45) is 4.59. The van der Waals surface area contributed by atoms with Gasteiger partial charge in [-0.2, -0.15) is 0 Å². The van der Waals surface area contributed by atoms with E-state index >= 15 is 0 Å². The predicted octanol–water partition coefficient (Wildman–Crippen LogP) is 0.605. The van der Waals surface area contributed by atoms with Gasteiger partial charge in [0.25, 0.3) is 5.91 Å². The van der Waals surface area contributed by atoms with E-state index in [9.17, 15) is 20.1 Å². The third-order valence-corrected chi connectivity index (χ3v) is 6.27. The molecule has 1 fully saturated rings. The van der Waals surface area contributed by atoms with Gasteiger partial charge in [-0.3, -0.25) is 4.79 Å². The van der Waals surface area contributed by atoms with Gasteiger partial charge in [0, 0.05) is 38.9 Å². The summed E-state index contributed by atoms with van der Waals surface area (Å²) in [4.78, 5) is 19.9. The third kappa shape index (κ3) is 4.85. The molecule has 1 amide bonds. The lowest BCUT2D eigenvalue weighted by Gasteiger charge is -2.36. The van der Waals surface area contributed by atoms with Gasteiger partial charge in [0.2, 0.25) is 0 Å².